The predicted octanol–water partition coefficient (Wildman–Crippen LogP) is 4.97. The van der Waals surface area contributed by atoms with E-state index in [1.54, 1.807) is 12.1 Å². The van der Waals surface area contributed by atoms with Crippen LogP contribution in [-0.4, -0.2) is 19.0 Å². The second-order valence-corrected chi connectivity index (χ2v) is 6.26. The monoisotopic (exact) mass is 328 g/mol. The molecule has 3 nitrogen and oxygen atoms in total. The molecule has 0 saturated carbocycles. The van der Waals surface area contributed by atoms with E-state index in [0.717, 1.165) is 24.5 Å². The van der Waals surface area contributed by atoms with Crippen LogP contribution >= 0.6 is 11.6 Å². The molecule has 1 amide bonds. The van der Waals surface area contributed by atoms with Crippen LogP contribution < -0.4 is 10.2 Å². The minimum absolute atomic E-state index is 0.169. The molecule has 0 aliphatic carbocycles. The number of benzene rings is 2. The number of hydrogen-bond acceptors (Lipinski definition) is 2. The molecule has 120 valence electrons. The van der Waals surface area contributed by atoms with Gasteiger partial charge >= 0.3 is 0 Å². The van der Waals surface area contributed by atoms with E-state index in [9.17, 15) is 4.79 Å². The summed E-state index contributed by atoms with van der Waals surface area (Å²) in [6.45, 7) is 2.08. The summed E-state index contributed by atoms with van der Waals surface area (Å²) in [7, 11) is 0. The molecule has 0 unspecified atom stereocenters. The largest absolute Gasteiger partial charge is 0.370 e. The lowest BCUT2D eigenvalue weighted by Gasteiger charge is -2.25. The summed E-state index contributed by atoms with van der Waals surface area (Å²) < 4.78 is 0. The number of carbonyl (C=O) groups excluding carboxylic acids is 1. The molecule has 1 saturated heterocycles. The van der Waals surface area contributed by atoms with Crippen LogP contribution in [0.15, 0.2) is 48.5 Å². The van der Waals surface area contributed by atoms with Crippen molar-refractivity contribution in [1.82, 2.24) is 0 Å². The van der Waals surface area contributed by atoms with Crippen molar-refractivity contribution in [1.29, 1.82) is 0 Å². The van der Waals surface area contributed by atoms with E-state index in [-0.39, 0.29) is 5.91 Å². The van der Waals surface area contributed by atoms with Crippen molar-refractivity contribution in [3.05, 3.63) is 59.1 Å². The fraction of sp³-hybridized carbons (Fsp3) is 0.316. The Morgan fingerprint density at radius 1 is 0.913 bits per heavy atom. The zero-order chi connectivity index (χ0) is 16.1. The first-order valence-corrected chi connectivity index (χ1v) is 8.53. The Labute approximate surface area is 142 Å². The van der Waals surface area contributed by atoms with Crippen molar-refractivity contribution in [2.24, 2.45) is 0 Å². The Hall–Kier alpha value is -2.00. The highest BCUT2D eigenvalue weighted by Gasteiger charge is 2.16. The van der Waals surface area contributed by atoms with Crippen molar-refractivity contribution in [3.8, 4) is 0 Å². The summed E-state index contributed by atoms with van der Waals surface area (Å²) >= 11 is 6.12. The smallest absolute Gasteiger partial charge is 0.257 e. The third-order valence-corrected chi connectivity index (χ3v) is 4.55. The maximum absolute atomic E-state index is 12.5. The van der Waals surface area contributed by atoms with Crippen LogP contribution in [-0.2, 0) is 0 Å². The molecule has 2 aromatic carbocycles. The number of carbonyl (C=O) groups is 1. The molecule has 23 heavy (non-hydrogen) atoms. The highest BCUT2D eigenvalue weighted by molar-refractivity contribution is 6.34. The van der Waals surface area contributed by atoms with E-state index < -0.39 is 0 Å². The number of nitrogens with zero attached hydrogens (tertiary/aromatic N) is 1. The van der Waals surface area contributed by atoms with Gasteiger partial charge in [0.1, 0.15) is 0 Å². The van der Waals surface area contributed by atoms with Gasteiger partial charge in [0.15, 0.2) is 0 Å². The molecule has 1 aliphatic heterocycles. The summed E-state index contributed by atoms with van der Waals surface area (Å²) in [4.78, 5) is 14.9. The van der Waals surface area contributed by atoms with E-state index >= 15 is 0 Å². The van der Waals surface area contributed by atoms with Crippen molar-refractivity contribution >= 4 is 28.9 Å². The van der Waals surface area contributed by atoms with Gasteiger partial charge in [-0.05, 0) is 37.1 Å². The second kappa shape index (κ2) is 7.51. The van der Waals surface area contributed by atoms with Crippen LogP contribution in [0.3, 0.4) is 0 Å². The predicted molar refractivity (Wildman–Crippen MR) is 96.5 cm³/mol. The lowest BCUT2D eigenvalue weighted by atomic mass is 10.2. The van der Waals surface area contributed by atoms with Crippen LogP contribution in [0.5, 0.6) is 0 Å². The Morgan fingerprint density at radius 3 is 2.30 bits per heavy atom. The third-order valence-electron chi connectivity index (χ3n) is 4.22. The minimum atomic E-state index is -0.169. The summed E-state index contributed by atoms with van der Waals surface area (Å²) in [5, 5.41) is 3.49. The molecular weight excluding hydrogens is 308 g/mol. The molecule has 0 aromatic heterocycles. The molecular formula is C19H21ClN2O. The van der Waals surface area contributed by atoms with Crippen molar-refractivity contribution in [2.45, 2.75) is 25.7 Å². The van der Waals surface area contributed by atoms with Gasteiger partial charge in [-0.1, -0.05) is 48.7 Å². The molecule has 0 spiro atoms. The number of nitrogens with one attached hydrogen (secondary N) is 1. The Bertz CT molecular complexity index is 679. The number of anilines is 2. The fourth-order valence-corrected chi connectivity index (χ4v) is 3.22. The molecule has 0 atom stereocenters. The summed E-state index contributed by atoms with van der Waals surface area (Å²) in [6.07, 6.45) is 4.97. The highest BCUT2D eigenvalue weighted by Crippen LogP contribution is 2.29. The molecule has 1 heterocycles. The standard InChI is InChI=1S/C19H21ClN2O/c20-16-10-4-3-9-15(16)19(23)21-17-11-5-6-12-18(17)22-13-7-1-2-8-14-22/h3-6,9-12H,1-2,7-8,13-14H2,(H,21,23). The van der Waals surface area contributed by atoms with E-state index in [1.165, 1.54) is 25.7 Å². The number of hydrogen-bond donors (Lipinski definition) is 1. The molecule has 1 fully saturated rings. The van der Waals surface area contributed by atoms with E-state index in [0.29, 0.717) is 10.6 Å². The number of rotatable bonds is 3. The van der Waals surface area contributed by atoms with Gasteiger partial charge in [0.05, 0.1) is 22.0 Å². The third kappa shape index (κ3) is 3.85. The zero-order valence-corrected chi connectivity index (χ0v) is 13.9. The fourth-order valence-electron chi connectivity index (χ4n) is 3.00. The maximum Gasteiger partial charge on any atom is 0.257 e. The Kier molecular flexibility index (Phi) is 5.19. The maximum atomic E-state index is 12.5. The lowest BCUT2D eigenvalue weighted by molar-refractivity contribution is 0.102. The van der Waals surface area contributed by atoms with E-state index in [1.807, 2.05) is 30.3 Å². The first kappa shape index (κ1) is 15.9. The number of halogens is 1. The summed E-state index contributed by atoms with van der Waals surface area (Å²) in [5.74, 6) is -0.169. The van der Waals surface area contributed by atoms with Gasteiger partial charge in [-0.3, -0.25) is 4.79 Å². The van der Waals surface area contributed by atoms with E-state index in [4.69, 9.17) is 11.6 Å². The first-order chi connectivity index (χ1) is 11.3. The second-order valence-electron chi connectivity index (χ2n) is 5.85. The van der Waals surface area contributed by atoms with Crippen LogP contribution in [0, 0.1) is 0 Å². The van der Waals surface area contributed by atoms with Gasteiger partial charge in [0.2, 0.25) is 0 Å². The molecule has 1 N–H and O–H groups in total. The number of para-hydroxylation sites is 2. The van der Waals surface area contributed by atoms with Crippen LogP contribution in [0.4, 0.5) is 11.4 Å². The SMILES string of the molecule is O=C(Nc1ccccc1N1CCCCCC1)c1ccccc1Cl. The summed E-state index contributed by atoms with van der Waals surface area (Å²) in [6, 6.07) is 15.1. The topological polar surface area (TPSA) is 32.3 Å². The number of amides is 1. The van der Waals surface area contributed by atoms with Crippen molar-refractivity contribution in [2.75, 3.05) is 23.3 Å². The molecule has 3 rings (SSSR count). The minimum Gasteiger partial charge on any atom is -0.370 e. The molecule has 1 aliphatic rings. The van der Waals surface area contributed by atoms with Gasteiger partial charge in [-0.2, -0.15) is 0 Å². The average Bonchev–Trinajstić information content (AvgIpc) is 2.85. The average molecular weight is 329 g/mol. The quantitative estimate of drug-likeness (QED) is 0.862. The first-order valence-electron chi connectivity index (χ1n) is 8.15. The van der Waals surface area contributed by atoms with E-state index in [2.05, 4.69) is 16.3 Å². The Balaban J connectivity index is 1.83. The van der Waals surface area contributed by atoms with Gasteiger partial charge < -0.3 is 10.2 Å². The summed E-state index contributed by atoms with van der Waals surface area (Å²) in [5.41, 5.74) is 2.44. The van der Waals surface area contributed by atoms with Gasteiger partial charge in [-0.15, -0.1) is 0 Å². The van der Waals surface area contributed by atoms with Crippen molar-refractivity contribution < 1.29 is 4.79 Å². The lowest BCUT2D eigenvalue weighted by Crippen LogP contribution is -2.25. The van der Waals surface area contributed by atoms with Crippen LogP contribution in [0.1, 0.15) is 36.0 Å². The molecule has 2 aromatic rings. The van der Waals surface area contributed by atoms with Gasteiger partial charge in [0.25, 0.3) is 5.91 Å². The molecule has 0 radical (unpaired) electrons. The van der Waals surface area contributed by atoms with Crippen LogP contribution in [0.25, 0.3) is 0 Å². The normalized spacial score (nSPS) is 15.1. The zero-order valence-electron chi connectivity index (χ0n) is 13.1. The Morgan fingerprint density at radius 2 is 1.57 bits per heavy atom. The molecule has 0 bridgehead atoms. The van der Waals surface area contributed by atoms with Gasteiger partial charge in [-0.25, -0.2) is 0 Å². The van der Waals surface area contributed by atoms with Gasteiger partial charge in [0, 0.05) is 13.1 Å². The highest BCUT2D eigenvalue weighted by atomic mass is 35.5. The molecule has 4 heteroatoms. The van der Waals surface area contributed by atoms with Crippen LogP contribution in [0.2, 0.25) is 5.02 Å². The van der Waals surface area contributed by atoms with Crippen molar-refractivity contribution in [3.63, 3.8) is 0 Å².